The van der Waals surface area contributed by atoms with Gasteiger partial charge in [0.25, 0.3) is 0 Å². The zero-order valence-electron chi connectivity index (χ0n) is 6.00. The quantitative estimate of drug-likeness (QED) is 0.559. The Kier molecular flexibility index (Phi) is 2.48. The van der Waals surface area contributed by atoms with Crippen molar-refractivity contribution < 1.29 is 0 Å². The topological polar surface area (TPSA) is 16.1 Å². The highest BCUT2D eigenvalue weighted by Gasteiger charge is 1.95. The van der Waals surface area contributed by atoms with Gasteiger partial charge in [-0.1, -0.05) is 0 Å². The average Bonchev–Trinajstić information content (AvgIpc) is 1.88. The number of pyridine rings is 1. The Labute approximate surface area is 74.8 Å². The largest absolute Gasteiger partial charge is 0.302 e. The number of hydrogen-bond acceptors (Lipinski definition) is 2. The van der Waals surface area contributed by atoms with Gasteiger partial charge in [-0.25, -0.2) is 4.98 Å². The predicted octanol–water partition coefficient (Wildman–Crippen LogP) is 2.18. The van der Waals surface area contributed by atoms with Crippen LogP contribution in [0.3, 0.4) is 0 Å². The highest BCUT2D eigenvalue weighted by Crippen LogP contribution is 2.12. The summed E-state index contributed by atoms with van der Waals surface area (Å²) < 4.78 is 1.96. The summed E-state index contributed by atoms with van der Waals surface area (Å²) in [6, 6.07) is 4.04. The molecule has 2 nitrogen and oxygen atoms in total. The van der Waals surface area contributed by atoms with Crippen molar-refractivity contribution in [3.8, 4) is 0 Å². The van der Waals surface area contributed by atoms with Gasteiger partial charge in [0.1, 0.15) is 5.82 Å². The summed E-state index contributed by atoms with van der Waals surface area (Å²) in [5.74, 6) is 1.00. The molecule has 0 spiro atoms. The van der Waals surface area contributed by atoms with E-state index in [-0.39, 0.29) is 0 Å². The molecule has 0 amide bonds. The molecule has 1 rings (SSSR count). The summed E-state index contributed by atoms with van der Waals surface area (Å²) in [4.78, 5) is 4.16. The summed E-state index contributed by atoms with van der Waals surface area (Å²) in [6.07, 6.45) is 1.82. The van der Waals surface area contributed by atoms with E-state index in [0.717, 1.165) is 5.82 Å². The van der Waals surface area contributed by atoms with Crippen molar-refractivity contribution in [3.05, 3.63) is 23.9 Å². The lowest BCUT2D eigenvalue weighted by Crippen LogP contribution is -2.01. The first kappa shape index (κ1) is 7.78. The van der Waals surface area contributed by atoms with Gasteiger partial charge in [0, 0.05) is 13.2 Å². The van der Waals surface area contributed by atoms with E-state index in [9.17, 15) is 0 Å². The van der Waals surface area contributed by atoms with Crippen LogP contribution in [0.25, 0.3) is 0 Å². The monoisotopic (exact) mass is 248 g/mol. The van der Waals surface area contributed by atoms with Crippen LogP contribution < -0.4 is 3.11 Å². The van der Waals surface area contributed by atoms with Crippen molar-refractivity contribution >= 4 is 28.7 Å². The lowest BCUT2D eigenvalue weighted by Gasteiger charge is -2.07. The molecule has 0 aliphatic heterocycles. The molecule has 0 fully saturated rings. The molecule has 0 aromatic carbocycles. The molecule has 1 heterocycles. The van der Waals surface area contributed by atoms with Crippen LogP contribution in [0.2, 0.25) is 0 Å². The van der Waals surface area contributed by atoms with Gasteiger partial charge in [-0.3, -0.25) is 0 Å². The minimum absolute atomic E-state index is 1.00. The van der Waals surface area contributed by atoms with Crippen molar-refractivity contribution in [2.75, 3.05) is 10.2 Å². The van der Waals surface area contributed by atoms with E-state index in [1.807, 2.05) is 28.5 Å². The van der Waals surface area contributed by atoms with Crippen molar-refractivity contribution in [1.82, 2.24) is 4.98 Å². The average molecular weight is 248 g/mol. The van der Waals surface area contributed by atoms with E-state index in [1.165, 1.54) is 5.56 Å². The first-order valence-electron chi connectivity index (χ1n) is 3.02. The van der Waals surface area contributed by atoms with Crippen LogP contribution in [-0.2, 0) is 0 Å². The van der Waals surface area contributed by atoms with Gasteiger partial charge in [-0.05, 0) is 24.6 Å². The molecule has 1 aromatic rings. The number of aryl methyl sites for hydroxylation is 1. The number of aromatic nitrogens is 1. The molecular weight excluding hydrogens is 239 g/mol. The standard InChI is InChI=1S/C7H9IN2/c1-6-3-4-9-7(5-6)10(2)8/h3-5H,1-2H3. The molecule has 10 heavy (non-hydrogen) atoms. The second-order valence-electron chi connectivity index (χ2n) is 2.17. The van der Waals surface area contributed by atoms with Crippen LogP contribution >= 0.6 is 22.9 Å². The Balaban J connectivity index is 2.96. The van der Waals surface area contributed by atoms with Crippen LogP contribution in [0.5, 0.6) is 0 Å². The fourth-order valence-corrected chi connectivity index (χ4v) is 0.953. The Morgan fingerprint density at radius 3 is 2.70 bits per heavy atom. The number of anilines is 1. The molecular formula is C7H9IN2. The van der Waals surface area contributed by atoms with E-state index in [0.29, 0.717) is 0 Å². The number of hydrogen-bond donors (Lipinski definition) is 0. The number of rotatable bonds is 1. The smallest absolute Gasteiger partial charge is 0.137 e. The zero-order chi connectivity index (χ0) is 7.56. The van der Waals surface area contributed by atoms with Crippen LogP contribution in [0.1, 0.15) is 5.56 Å². The molecule has 0 N–H and O–H groups in total. The summed E-state index contributed by atoms with van der Waals surface area (Å²) in [5.41, 5.74) is 1.24. The molecule has 0 atom stereocenters. The minimum atomic E-state index is 1.00. The third-order valence-corrected chi connectivity index (χ3v) is 1.71. The first-order valence-corrected chi connectivity index (χ1v) is 3.99. The number of halogens is 1. The molecule has 0 bridgehead atoms. The van der Waals surface area contributed by atoms with E-state index >= 15 is 0 Å². The van der Waals surface area contributed by atoms with Crippen LogP contribution in [-0.4, -0.2) is 12.0 Å². The molecule has 0 saturated carbocycles. The lowest BCUT2D eigenvalue weighted by molar-refractivity contribution is 1.22. The van der Waals surface area contributed by atoms with Gasteiger partial charge in [-0.15, -0.1) is 0 Å². The van der Waals surface area contributed by atoms with Crippen molar-refractivity contribution in [3.63, 3.8) is 0 Å². The molecule has 1 aromatic heterocycles. The SMILES string of the molecule is Cc1ccnc(N(C)I)c1. The number of nitrogens with zero attached hydrogens (tertiary/aromatic N) is 2. The van der Waals surface area contributed by atoms with E-state index in [4.69, 9.17) is 0 Å². The maximum absolute atomic E-state index is 4.16. The Morgan fingerprint density at radius 1 is 1.60 bits per heavy atom. The van der Waals surface area contributed by atoms with E-state index < -0.39 is 0 Å². The maximum atomic E-state index is 4.16. The van der Waals surface area contributed by atoms with Crippen LogP contribution in [0, 0.1) is 6.92 Å². The van der Waals surface area contributed by atoms with Crippen LogP contribution in [0.4, 0.5) is 5.82 Å². The van der Waals surface area contributed by atoms with Crippen molar-refractivity contribution in [2.45, 2.75) is 6.92 Å². The second kappa shape index (κ2) is 3.18. The van der Waals surface area contributed by atoms with Gasteiger partial charge in [0.15, 0.2) is 0 Å². The molecule has 0 radical (unpaired) electrons. The molecule has 0 aliphatic rings. The predicted molar refractivity (Wildman–Crippen MR) is 51.4 cm³/mol. The van der Waals surface area contributed by atoms with E-state index in [1.54, 1.807) is 0 Å². The summed E-state index contributed by atoms with van der Waals surface area (Å²) in [6.45, 7) is 2.06. The van der Waals surface area contributed by atoms with E-state index in [2.05, 4.69) is 34.8 Å². The highest BCUT2D eigenvalue weighted by atomic mass is 127. The Hall–Kier alpha value is -0.320. The highest BCUT2D eigenvalue weighted by molar-refractivity contribution is 14.1. The minimum Gasteiger partial charge on any atom is -0.302 e. The molecule has 3 heteroatoms. The van der Waals surface area contributed by atoms with Gasteiger partial charge in [0.2, 0.25) is 0 Å². The van der Waals surface area contributed by atoms with Crippen LogP contribution in [0.15, 0.2) is 18.3 Å². The summed E-state index contributed by atoms with van der Waals surface area (Å²) in [5, 5.41) is 0. The molecule has 0 aliphatic carbocycles. The van der Waals surface area contributed by atoms with Crippen molar-refractivity contribution in [2.24, 2.45) is 0 Å². The fraction of sp³-hybridized carbons (Fsp3) is 0.286. The third kappa shape index (κ3) is 1.83. The van der Waals surface area contributed by atoms with Gasteiger partial charge in [-0.2, -0.15) is 0 Å². The van der Waals surface area contributed by atoms with Gasteiger partial charge >= 0.3 is 0 Å². The lowest BCUT2D eigenvalue weighted by atomic mass is 10.3. The molecule has 0 saturated heterocycles. The second-order valence-corrected chi connectivity index (χ2v) is 3.62. The third-order valence-electron chi connectivity index (χ3n) is 1.22. The van der Waals surface area contributed by atoms with Gasteiger partial charge < -0.3 is 3.11 Å². The first-order chi connectivity index (χ1) is 4.70. The zero-order valence-corrected chi connectivity index (χ0v) is 8.16. The Morgan fingerprint density at radius 2 is 2.30 bits per heavy atom. The summed E-state index contributed by atoms with van der Waals surface area (Å²) >= 11 is 2.20. The Bertz CT molecular complexity index is 223. The maximum Gasteiger partial charge on any atom is 0.137 e. The van der Waals surface area contributed by atoms with Gasteiger partial charge in [0.05, 0.1) is 22.9 Å². The summed E-state index contributed by atoms with van der Waals surface area (Å²) in [7, 11) is 1.97. The van der Waals surface area contributed by atoms with Crippen molar-refractivity contribution in [1.29, 1.82) is 0 Å². The normalized spacial score (nSPS) is 9.50. The molecule has 0 unspecified atom stereocenters. The molecule has 54 valence electrons. The fourth-order valence-electron chi connectivity index (χ4n) is 0.689.